The average Bonchev–Trinajstić information content (AvgIpc) is 2.60. The van der Waals surface area contributed by atoms with Gasteiger partial charge in [-0.25, -0.2) is 5.43 Å². The van der Waals surface area contributed by atoms with Crippen molar-refractivity contribution in [3.8, 4) is 11.5 Å². The second kappa shape index (κ2) is 9.12. The van der Waals surface area contributed by atoms with Gasteiger partial charge < -0.3 is 9.47 Å². The molecule has 0 aliphatic carbocycles. The first-order valence-electron chi connectivity index (χ1n) is 8.34. The number of hydrazone groups is 1. The summed E-state index contributed by atoms with van der Waals surface area (Å²) < 4.78 is 33.8. The number of carbonyl (C=O) groups is 1. The van der Waals surface area contributed by atoms with Crippen molar-refractivity contribution in [3.63, 3.8) is 0 Å². The number of rotatable bonds is 7. The van der Waals surface area contributed by atoms with E-state index in [1.54, 1.807) is 12.1 Å². The van der Waals surface area contributed by atoms with E-state index in [9.17, 15) is 13.6 Å². The van der Waals surface area contributed by atoms with Crippen LogP contribution in [0.3, 0.4) is 0 Å². The quantitative estimate of drug-likeness (QED) is 0.584. The number of nitrogens with one attached hydrogen (secondary N) is 1. The Kier molecular flexibility index (Phi) is 6.87. The minimum atomic E-state index is -2.87. The van der Waals surface area contributed by atoms with Crippen LogP contribution in [0.1, 0.15) is 31.9 Å². The maximum Gasteiger partial charge on any atom is 0.387 e. The molecule has 0 saturated heterocycles. The lowest BCUT2D eigenvalue weighted by atomic mass is 9.87. The van der Waals surface area contributed by atoms with Crippen LogP contribution in [0, 0.1) is 0 Å². The second-order valence-electron chi connectivity index (χ2n) is 6.80. The summed E-state index contributed by atoms with van der Waals surface area (Å²) >= 11 is 0. The zero-order chi connectivity index (χ0) is 19.9. The number of ether oxygens (including phenoxy) is 2. The van der Waals surface area contributed by atoms with Gasteiger partial charge in [0.05, 0.1) is 6.21 Å². The van der Waals surface area contributed by atoms with E-state index in [2.05, 4.69) is 36.0 Å². The van der Waals surface area contributed by atoms with Crippen molar-refractivity contribution in [1.29, 1.82) is 0 Å². The van der Waals surface area contributed by atoms with Crippen LogP contribution < -0.4 is 14.9 Å². The number of amides is 1. The number of nitrogens with zero attached hydrogens (tertiary/aromatic N) is 1. The molecule has 2 rings (SSSR count). The number of halogens is 2. The predicted octanol–water partition coefficient (Wildman–Crippen LogP) is 4.11. The summed E-state index contributed by atoms with van der Waals surface area (Å²) in [6.45, 7) is 3.32. The van der Waals surface area contributed by atoms with E-state index in [4.69, 9.17) is 4.74 Å². The van der Waals surface area contributed by atoms with Crippen molar-refractivity contribution in [3.05, 3.63) is 59.7 Å². The molecule has 2 aromatic rings. The van der Waals surface area contributed by atoms with Gasteiger partial charge >= 0.3 is 6.61 Å². The molecule has 2 aromatic carbocycles. The van der Waals surface area contributed by atoms with Gasteiger partial charge in [-0.3, -0.25) is 4.79 Å². The molecule has 0 aliphatic heterocycles. The Hall–Kier alpha value is -2.96. The zero-order valence-corrected chi connectivity index (χ0v) is 15.4. The average molecular weight is 376 g/mol. The maximum atomic E-state index is 12.1. The van der Waals surface area contributed by atoms with Gasteiger partial charge in [0.25, 0.3) is 5.91 Å². The van der Waals surface area contributed by atoms with E-state index in [-0.39, 0.29) is 17.8 Å². The van der Waals surface area contributed by atoms with E-state index in [1.807, 2.05) is 24.3 Å². The van der Waals surface area contributed by atoms with Crippen LogP contribution in [-0.2, 0) is 10.2 Å². The highest BCUT2D eigenvalue weighted by Gasteiger charge is 2.13. The highest BCUT2D eigenvalue weighted by molar-refractivity contribution is 5.83. The molecule has 5 nitrogen and oxygen atoms in total. The summed E-state index contributed by atoms with van der Waals surface area (Å²) in [5.41, 5.74) is 4.18. The molecule has 0 fully saturated rings. The first kappa shape index (κ1) is 20.4. The smallest absolute Gasteiger partial charge is 0.387 e. The zero-order valence-electron chi connectivity index (χ0n) is 15.4. The molecule has 7 heteroatoms. The first-order chi connectivity index (χ1) is 12.7. The van der Waals surface area contributed by atoms with Crippen LogP contribution in [0.25, 0.3) is 0 Å². The normalized spacial score (nSPS) is 11.6. The number of alkyl halides is 2. The SMILES string of the molecule is CC(C)(C)c1ccc(OCC(=O)N/N=C\c2ccc(OC(F)F)cc2)cc1. The van der Waals surface area contributed by atoms with E-state index in [1.165, 1.54) is 23.9 Å². The van der Waals surface area contributed by atoms with Crippen molar-refractivity contribution in [1.82, 2.24) is 5.43 Å². The van der Waals surface area contributed by atoms with Crippen molar-refractivity contribution >= 4 is 12.1 Å². The van der Waals surface area contributed by atoms with Gasteiger partial charge in [0.2, 0.25) is 0 Å². The predicted molar refractivity (Wildman–Crippen MR) is 99.4 cm³/mol. The first-order valence-corrected chi connectivity index (χ1v) is 8.34. The topological polar surface area (TPSA) is 59.9 Å². The number of hydrogen-bond donors (Lipinski definition) is 1. The Balaban J connectivity index is 1.78. The van der Waals surface area contributed by atoms with Crippen molar-refractivity contribution < 1.29 is 23.0 Å². The van der Waals surface area contributed by atoms with Crippen LogP contribution in [0.2, 0.25) is 0 Å². The molecular weight excluding hydrogens is 354 g/mol. The number of benzene rings is 2. The lowest BCUT2D eigenvalue weighted by Gasteiger charge is -2.19. The molecule has 0 unspecified atom stereocenters. The van der Waals surface area contributed by atoms with Crippen LogP contribution in [0.4, 0.5) is 8.78 Å². The highest BCUT2D eigenvalue weighted by Crippen LogP contribution is 2.24. The van der Waals surface area contributed by atoms with E-state index >= 15 is 0 Å². The summed E-state index contributed by atoms with van der Waals surface area (Å²) in [6.07, 6.45) is 1.39. The Morgan fingerprint density at radius 1 is 1.07 bits per heavy atom. The molecule has 0 saturated carbocycles. The summed E-state index contributed by atoms with van der Waals surface area (Å²) in [5.74, 6) is 0.234. The van der Waals surface area contributed by atoms with E-state index in [0.717, 1.165) is 0 Å². The molecule has 0 aliphatic rings. The fourth-order valence-electron chi connectivity index (χ4n) is 2.15. The third kappa shape index (κ3) is 7.05. The lowest BCUT2D eigenvalue weighted by molar-refractivity contribution is -0.123. The Bertz CT molecular complexity index is 767. The Labute approximate surface area is 157 Å². The number of hydrogen-bond acceptors (Lipinski definition) is 4. The summed E-state index contributed by atoms with van der Waals surface area (Å²) in [6, 6.07) is 13.4. The molecule has 1 N–H and O–H groups in total. The van der Waals surface area contributed by atoms with Gasteiger partial charge in [-0.15, -0.1) is 0 Å². The van der Waals surface area contributed by atoms with Gasteiger partial charge in [0.15, 0.2) is 6.61 Å². The molecule has 0 aromatic heterocycles. The molecule has 0 bridgehead atoms. The van der Waals surface area contributed by atoms with Gasteiger partial charge in [-0.2, -0.15) is 13.9 Å². The molecular formula is C20H22F2N2O3. The summed E-state index contributed by atoms with van der Waals surface area (Å²) in [4.78, 5) is 11.8. The molecule has 1 amide bonds. The minimum Gasteiger partial charge on any atom is -0.484 e. The van der Waals surface area contributed by atoms with Gasteiger partial charge in [-0.1, -0.05) is 32.9 Å². The van der Waals surface area contributed by atoms with Gasteiger partial charge in [0.1, 0.15) is 11.5 Å². The third-order valence-electron chi connectivity index (χ3n) is 3.60. The largest absolute Gasteiger partial charge is 0.484 e. The second-order valence-corrected chi connectivity index (χ2v) is 6.80. The number of carbonyl (C=O) groups excluding carboxylic acids is 1. The molecule has 0 heterocycles. The van der Waals surface area contributed by atoms with Gasteiger partial charge in [0, 0.05) is 0 Å². The highest BCUT2D eigenvalue weighted by atomic mass is 19.3. The molecule has 0 radical (unpaired) electrons. The monoisotopic (exact) mass is 376 g/mol. The molecule has 27 heavy (non-hydrogen) atoms. The fourth-order valence-corrected chi connectivity index (χ4v) is 2.15. The summed E-state index contributed by atoms with van der Waals surface area (Å²) in [7, 11) is 0. The summed E-state index contributed by atoms with van der Waals surface area (Å²) in [5, 5.41) is 3.80. The van der Waals surface area contributed by atoms with Crippen LogP contribution >= 0.6 is 0 Å². The van der Waals surface area contributed by atoms with Crippen LogP contribution in [0.15, 0.2) is 53.6 Å². The Morgan fingerprint density at radius 2 is 1.67 bits per heavy atom. The van der Waals surface area contributed by atoms with E-state index < -0.39 is 12.5 Å². The Morgan fingerprint density at radius 3 is 2.22 bits per heavy atom. The standard InChI is InChI=1S/C20H22F2N2O3/c1-20(2,3)15-6-10-16(11-7-15)26-13-18(25)24-23-12-14-4-8-17(9-5-14)27-19(21)22/h4-12,19H,13H2,1-3H3,(H,24,25)/b23-12-. The van der Waals surface area contributed by atoms with Crippen molar-refractivity contribution in [2.75, 3.05) is 6.61 Å². The minimum absolute atomic E-state index is 0.0500. The molecule has 144 valence electrons. The maximum absolute atomic E-state index is 12.1. The van der Waals surface area contributed by atoms with Crippen molar-refractivity contribution in [2.24, 2.45) is 5.10 Å². The molecule has 0 atom stereocenters. The van der Waals surface area contributed by atoms with Crippen LogP contribution in [-0.4, -0.2) is 25.3 Å². The third-order valence-corrected chi connectivity index (χ3v) is 3.60. The molecule has 0 spiro atoms. The lowest BCUT2D eigenvalue weighted by Crippen LogP contribution is -2.24. The van der Waals surface area contributed by atoms with Gasteiger partial charge in [-0.05, 0) is 52.9 Å². The van der Waals surface area contributed by atoms with E-state index in [0.29, 0.717) is 11.3 Å². The van der Waals surface area contributed by atoms with Crippen LogP contribution in [0.5, 0.6) is 11.5 Å². The fraction of sp³-hybridized carbons (Fsp3) is 0.300. The van der Waals surface area contributed by atoms with Crippen molar-refractivity contribution in [2.45, 2.75) is 32.8 Å².